The number of ether oxygens (including phenoxy) is 4. The summed E-state index contributed by atoms with van der Waals surface area (Å²) in [6.45, 7) is 6.81. The molecule has 0 aliphatic carbocycles. The van der Waals surface area contributed by atoms with E-state index < -0.39 is 9.85 Å². The number of nitrogens with zero attached hydrogens (tertiary/aromatic N) is 9. The van der Waals surface area contributed by atoms with Gasteiger partial charge in [-0.1, -0.05) is 18.2 Å². The van der Waals surface area contributed by atoms with E-state index in [2.05, 4.69) is 53.1 Å². The maximum atomic E-state index is 12.4. The second-order valence-electron chi connectivity index (χ2n) is 25.8. The Morgan fingerprint density at radius 1 is 0.564 bits per heavy atom. The zero-order valence-electron chi connectivity index (χ0n) is 58.0. The molecule has 4 aromatic carbocycles. The van der Waals surface area contributed by atoms with Crippen molar-refractivity contribution in [3.8, 4) is 23.0 Å². The van der Waals surface area contributed by atoms with Crippen molar-refractivity contribution in [3.05, 3.63) is 143 Å². The van der Waals surface area contributed by atoms with E-state index in [-0.39, 0.29) is 61.4 Å². The number of amides is 4. The number of fused-ring (bicyclic) bond motifs is 4. The fraction of sp³-hybridized carbons (Fsp3) is 0.472. The lowest BCUT2D eigenvalue weighted by atomic mass is 10.0. The van der Waals surface area contributed by atoms with Crippen LogP contribution in [0.3, 0.4) is 0 Å². The molecule has 0 bridgehead atoms. The Labute approximate surface area is 607 Å². The lowest BCUT2D eigenvalue weighted by Gasteiger charge is -2.31. The number of nitrogens with one attached hydrogen (secondary N) is 3. The monoisotopic (exact) mass is 1460 g/mol. The van der Waals surface area contributed by atoms with Crippen LogP contribution < -0.4 is 44.7 Å². The SMILES string of the molecule is CN1CCCC1CCCl.CN1CCCC1CCN1C(=O)COc2cc(CC(=N)c3cccs3)ccc21.CN1CCCC1CCN1C(=O)COc2cc(N)ccc21.CN1CCCC1CCN1C(=O)COc2cc([N+](=O)[O-])ccc21.CSC(=N)c1cccs1.O=C1COc2cc([N+](=O)[O-])ccc2N1. The maximum absolute atomic E-state index is 12.4. The third-order valence-electron chi connectivity index (χ3n) is 19.1. The molecule has 10 heterocycles. The Balaban J connectivity index is 0.000000147. The van der Waals surface area contributed by atoms with E-state index in [9.17, 15) is 39.4 Å². The van der Waals surface area contributed by atoms with Crippen molar-refractivity contribution in [1.82, 2.24) is 19.6 Å². The summed E-state index contributed by atoms with van der Waals surface area (Å²) in [4.78, 5) is 84.7. The maximum Gasteiger partial charge on any atom is 0.273 e. The summed E-state index contributed by atoms with van der Waals surface area (Å²) in [5.74, 6) is 2.73. The number of carbonyl (C=O) groups is 4. The van der Waals surface area contributed by atoms with Gasteiger partial charge in [-0.15, -0.1) is 46.0 Å². The first kappa shape index (κ1) is 76.9. The molecule has 25 nitrogen and oxygen atoms in total. The van der Waals surface area contributed by atoms with Crippen LogP contribution in [0.15, 0.2) is 108 Å². The van der Waals surface area contributed by atoms with Gasteiger partial charge in [-0.3, -0.25) is 44.8 Å². The minimum absolute atomic E-state index is 0.0245. The number of non-ortho nitro benzene ring substituents is 2. The average molecular weight is 1460 g/mol. The van der Waals surface area contributed by atoms with Crippen LogP contribution in [0.5, 0.6) is 23.0 Å². The molecule has 4 saturated heterocycles. The molecule has 4 fully saturated rings. The normalized spacial score (nSPS) is 19.9. The van der Waals surface area contributed by atoms with Crippen LogP contribution >= 0.6 is 46.0 Å². The molecule has 4 atom stereocenters. The van der Waals surface area contributed by atoms with Gasteiger partial charge in [0.25, 0.3) is 35.0 Å². The molecular weight excluding hydrogens is 1370 g/mol. The molecule has 101 heavy (non-hydrogen) atoms. The van der Waals surface area contributed by atoms with E-state index in [1.54, 1.807) is 39.7 Å². The molecule has 29 heteroatoms. The van der Waals surface area contributed by atoms with Crippen molar-refractivity contribution in [2.24, 2.45) is 0 Å². The lowest BCUT2D eigenvalue weighted by molar-refractivity contribution is -0.385. The van der Waals surface area contributed by atoms with Crippen LogP contribution in [-0.4, -0.2) is 201 Å². The van der Waals surface area contributed by atoms with Crippen LogP contribution in [-0.2, 0) is 25.6 Å². The predicted octanol–water partition coefficient (Wildman–Crippen LogP) is 11.9. The highest BCUT2D eigenvalue weighted by Crippen LogP contribution is 2.39. The molecule has 0 saturated carbocycles. The van der Waals surface area contributed by atoms with Gasteiger partial charge in [0.15, 0.2) is 32.2 Å². The first-order chi connectivity index (χ1) is 48.7. The Hall–Kier alpha value is -8.22. The summed E-state index contributed by atoms with van der Waals surface area (Å²) in [7, 11) is 8.62. The van der Waals surface area contributed by atoms with Gasteiger partial charge < -0.3 is 69.7 Å². The molecule has 4 amide bonds. The highest BCUT2D eigenvalue weighted by atomic mass is 35.5. The van der Waals surface area contributed by atoms with Crippen molar-refractivity contribution in [2.75, 3.05) is 138 Å². The molecule has 14 rings (SSSR count). The topological polar surface area (TPSA) is 300 Å². The van der Waals surface area contributed by atoms with E-state index in [1.165, 1.54) is 93.6 Å². The number of benzene rings is 4. The van der Waals surface area contributed by atoms with E-state index >= 15 is 0 Å². The van der Waals surface area contributed by atoms with E-state index in [0.717, 1.165) is 109 Å². The Bertz CT molecular complexity index is 3830. The first-order valence-electron chi connectivity index (χ1n) is 34.1. The Morgan fingerprint density at radius 2 is 0.980 bits per heavy atom. The number of rotatable bonds is 17. The summed E-state index contributed by atoms with van der Waals surface area (Å²) in [5.41, 5.74) is 10.8. The number of thioether (sulfide) groups is 1. The van der Waals surface area contributed by atoms with Crippen molar-refractivity contribution < 1.29 is 48.0 Å². The predicted molar refractivity (Wildman–Crippen MR) is 402 cm³/mol. The fourth-order valence-electron chi connectivity index (χ4n) is 13.4. The molecule has 5 N–H and O–H groups in total. The Morgan fingerprint density at radius 3 is 1.42 bits per heavy atom. The molecule has 8 aliphatic heterocycles. The number of halogens is 1. The highest BCUT2D eigenvalue weighted by molar-refractivity contribution is 8.14. The van der Waals surface area contributed by atoms with E-state index in [1.807, 2.05) is 81.4 Å². The molecule has 0 spiro atoms. The van der Waals surface area contributed by atoms with Crippen LogP contribution in [0.2, 0.25) is 0 Å². The van der Waals surface area contributed by atoms with E-state index in [0.29, 0.717) is 76.2 Å². The molecule has 0 radical (unpaired) electrons. The Kier molecular flexibility index (Phi) is 28.7. The number of alkyl halides is 1. The number of nitro groups is 2. The lowest BCUT2D eigenvalue weighted by Crippen LogP contribution is -2.41. The van der Waals surface area contributed by atoms with Gasteiger partial charge >= 0.3 is 0 Å². The fourth-order valence-corrected chi connectivity index (χ4v) is 15.5. The summed E-state index contributed by atoms with van der Waals surface area (Å²) in [5, 5.41) is 44.1. The van der Waals surface area contributed by atoms with Gasteiger partial charge in [-0.25, -0.2) is 0 Å². The minimum Gasteiger partial charge on any atom is -0.482 e. The average Bonchev–Trinajstić information content (AvgIpc) is 1.80. The largest absolute Gasteiger partial charge is 0.482 e. The standard InChI is InChI=1S/C21H25N3O2S.C15H19N3O4.C15H21N3O2.C8H6N2O4.C7H14ClN.C6H7NS2/c1-23-9-2-4-16(23)8-10-24-18-7-6-15(13-19(18)26-14-21(24)25)12-17(22)20-5-3-11-27-20;1-16-7-2-3-11(16)6-8-17-13-5-4-12(18(20)21)9-14(13)22-10-15(17)19;1-17-7-2-3-12(17)6-8-18-13-5-4-11(16)9-14(13)20-10-15(18)19;11-8-4-14-7-3-5(10(12)13)1-2-6(7)9-8;1-9-6-2-3-7(9)4-5-8;1-8-6(7)5-3-2-4-9-5/h3,5-7,11,13,16,22H,2,4,8-10,12,14H2,1H3;4-5,9,11H,2-3,6-8,10H2,1H3;4-5,9,12H,2-3,6-8,10,16H2,1H3;1-3H,4H2,(H,9,11);7H,2-6H2,1H3;2-4,7H,1H3. The van der Waals surface area contributed by atoms with Crippen LogP contribution in [0.1, 0.15) is 92.4 Å². The summed E-state index contributed by atoms with van der Waals surface area (Å²) >= 11 is 10.3. The van der Waals surface area contributed by atoms with Crippen LogP contribution in [0, 0.1) is 31.0 Å². The first-order valence-corrected chi connectivity index (χ1v) is 37.7. The number of thiophene rings is 2. The van der Waals surface area contributed by atoms with Crippen LogP contribution in [0.25, 0.3) is 0 Å². The summed E-state index contributed by atoms with van der Waals surface area (Å²) in [6.07, 6.45) is 16.6. The number of hydrogen-bond donors (Lipinski definition) is 4. The van der Waals surface area contributed by atoms with Crippen molar-refractivity contribution >= 4 is 120 Å². The number of hydrogen-bond acceptors (Lipinski definition) is 22. The van der Waals surface area contributed by atoms with Gasteiger partial charge in [0.2, 0.25) is 0 Å². The van der Waals surface area contributed by atoms with Gasteiger partial charge in [0.1, 0.15) is 22.3 Å². The summed E-state index contributed by atoms with van der Waals surface area (Å²) < 4.78 is 21.5. The second kappa shape index (κ2) is 37.6. The van der Waals surface area contributed by atoms with Crippen molar-refractivity contribution in [2.45, 2.75) is 108 Å². The van der Waals surface area contributed by atoms with Gasteiger partial charge in [0, 0.05) is 84.9 Å². The number of carbonyl (C=O) groups excluding carboxylic acids is 4. The quantitative estimate of drug-likeness (QED) is 0.0165. The smallest absolute Gasteiger partial charge is 0.273 e. The number of likely N-dealkylation sites (tertiary alicyclic amines) is 4. The van der Waals surface area contributed by atoms with E-state index in [4.69, 9.17) is 47.1 Å². The number of anilines is 5. The van der Waals surface area contributed by atoms with Crippen LogP contribution in [0.4, 0.5) is 39.8 Å². The van der Waals surface area contributed by atoms with Gasteiger partial charge in [-0.2, -0.15) is 0 Å². The highest BCUT2D eigenvalue weighted by Gasteiger charge is 2.33. The number of nitrogens with two attached hydrogens (primary N) is 1. The molecular formula is C72H92ClN13O12S3. The van der Waals surface area contributed by atoms with Crippen molar-refractivity contribution in [3.63, 3.8) is 0 Å². The molecule has 2 aromatic heterocycles. The third-order valence-corrected chi connectivity index (χ3v) is 21.9. The zero-order chi connectivity index (χ0) is 72.1. The molecule has 4 unspecified atom stereocenters. The third kappa shape index (κ3) is 21.4. The number of nitro benzene ring substituents is 2. The summed E-state index contributed by atoms with van der Waals surface area (Å²) in [6, 6.07) is 30.2. The van der Waals surface area contributed by atoms with Gasteiger partial charge in [-0.05, 0) is 203 Å². The number of nitrogen functional groups attached to an aromatic ring is 1. The molecule has 542 valence electrons. The zero-order valence-corrected chi connectivity index (χ0v) is 61.2. The van der Waals surface area contributed by atoms with Crippen molar-refractivity contribution in [1.29, 1.82) is 10.8 Å². The van der Waals surface area contributed by atoms with Gasteiger partial charge in [0.05, 0.1) is 55.3 Å². The molecule has 6 aromatic rings. The minimum atomic E-state index is -0.514. The second-order valence-corrected chi connectivity index (χ2v) is 28.9. The molecule has 8 aliphatic rings.